The monoisotopic (exact) mass is 727 g/mol. The Morgan fingerprint density at radius 1 is 0.755 bits per heavy atom. The van der Waals surface area contributed by atoms with Gasteiger partial charge in [0, 0.05) is 0 Å². The highest BCUT2D eigenvalue weighted by Crippen LogP contribution is 2.55. The van der Waals surface area contributed by atoms with E-state index in [-0.39, 0.29) is 38.0 Å². The third-order valence-corrected chi connectivity index (χ3v) is 8.21. The molecule has 2 rings (SSSR count). The average Bonchev–Trinajstić information content (AvgIpc) is 2.89. The van der Waals surface area contributed by atoms with E-state index in [0.717, 1.165) is 18.2 Å². The highest BCUT2D eigenvalue weighted by molar-refractivity contribution is 7.48. The predicted octanol–water partition coefficient (Wildman–Crippen LogP) is 10.3. The van der Waals surface area contributed by atoms with Crippen LogP contribution in [0.2, 0.25) is 0 Å². The van der Waals surface area contributed by atoms with Gasteiger partial charge >= 0.3 is 26.3 Å². The van der Waals surface area contributed by atoms with Crippen molar-refractivity contribution < 1.29 is 58.7 Å². The molecule has 278 valence electrons. The van der Waals surface area contributed by atoms with Gasteiger partial charge in [-0.05, 0) is 123 Å². The van der Waals surface area contributed by atoms with Gasteiger partial charge in [0.2, 0.25) is 0 Å². The second kappa shape index (κ2) is 16.5. The van der Waals surface area contributed by atoms with Crippen LogP contribution in [0.5, 0.6) is 5.75 Å². The van der Waals surface area contributed by atoms with E-state index < -0.39 is 66.0 Å². The largest absolute Gasteiger partial charge is 0.493 e. The first-order valence-corrected chi connectivity index (χ1v) is 17.2. The van der Waals surface area contributed by atoms with Crippen LogP contribution in [0.4, 0.5) is 31.1 Å². The molecule has 2 aromatic carbocycles. The van der Waals surface area contributed by atoms with E-state index in [1.165, 1.54) is 24.3 Å². The molecule has 0 aliphatic heterocycles. The first kappa shape index (κ1) is 42.4. The Kier molecular flexibility index (Phi) is 14.2. The lowest BCUT2D eigenvalue weighted by molar-refractivity contribution is -0.139. The number of hydrogen-bond acceptors (Lipinski definition) is 7. The first-order chi connectivity index (χ1) is 22.1. The van der Waals surface area contributed by atoms with Gasteiger partial charge in [0.05, 0.1) is 41.6 Å². The molecule has 1 atom stereocenters. The quantitative estimate of drug-likeness (QED) is 0.118. The van der Waals surface area contributed by atoms with Crippen LogP contribution in [0, 0.1) is 0 Å². The summed E-state index contributed by atoms with van der Waals surface area (Å²) in [5.41, 5.74) is -3.61. The van der Waals surface area contributed by atoms with Gasteiger partial charge in [-0.15, -0.1) is 0 Å². The third-order valence-electron chi connectivity index (χ3n) is 6.21. The Bertz CT molecular complexity index is 1390. The number of phosphoric ester groups is 1. The smallest absolute Gasteiger partial charge is 0.475 e. The number of alkyl halides is 6. The Labute approximate surface area is 284 Å². The Balaban J connectivity index is 2.17. The molecule has 0 spiro atoms. The minimum absolute atomic E-state index is 0.0473. The second-order valence-corrected chi connectivity index (χ2v) is 16.0. The molecule has 49 heavy (non-hydrogen) atoms. The summed E-state index contributed by atoms with van der Waals surface area (Å²) < 4.78 is 122. The normalized spacial score (nSPS) is 14.0. The number of amides is 1. The van der Waals surface area contributed by atoms with E-state index in [4.69, 9.17) is 23.0 Å². The molecule has 1 N–H and O–H groups in total. The van der Waals surface area contributed by atoms with Gasteiger partial charge in [-0.3, -0.25) is 13.6 Å². The molecule has 0 aromatic heterocycles. The summed E-state index contributed by atoms with van der Waals surface area (Å²) in [5, 5.41) is 2.64. The predicted molar refractivity (Wildman–Crippen MR) is 173 cm³/mol. The number of rotatable bonds is 14. The van der Waals surface area contributed by atoms with E-state index in [1.807, 2.05) is 0 Å². The molecule has 0 unspecified atom stereocenters. The molecular formula is C34H48F6NO7P. The van der Waals surface area contributed by atoms with Crippen molar-refractivity contribution in [2.45, 2.75) is 123 Å². The molecule has 0 aliphatic rings. The number of carbonyl (C=O) groups excluding carboxylic acids is 1. The minimum Gasteiger partial charge on any atom is -0.493 e. The fourth-order valence-corrected chi connectivity index (χ4v) is 6.18. The molecule has 1 amide bonds. The number of halogens is 6. The van der Waals surface area contributed by atoms with Crippen molar-refractivity contribution in [1.29, 1.82) is 0 Å². The van der Waals surface area contributed by atoms with Gasteiger partial charge in [-0.25, -0.2) is 9.36 Å². The highest BCUT2D eigenvalue weighted by atomic mass is 31.2. The molecule has 0 bridgehead atoms. The zero-order valence-electron chi connectivity index (χ0n) is 29.4. The molecule has 0 radical (unpaired) electrons. The van der Waals surface area contributed by atoms with E-state index in [9.17, 15) is 35.7 Å². The summed E-state index contributed by atoms with van der Waals surface area (Å²) in [5.74, 6) is -0.393. The number of phosphoric acid groups is 1. The molecule has 15 heteroatoms. The molecule has 8 nitrogen and oxygen atoms in total. The molecule has 0 aliphatic carbocycles. The topological polar surface area (TPSA) is 92.3 Å². The first-order valence-electron chi connectivity index (χ1n) is 15.8. The highest BCUT2D eigenvalue weighted by Gasteiger charge is 2.38. The number of benzene rings is 2. The van der Waals surface area contributed by atoms with Gasteiger partial charge in [0.15, 0.2) is 0 Å². The van der Waals surface area contributed by atoms with Crippen molar-refractivity contribution in [3.63, 3.8) is 0 Å². The van der Waals surface area contributed by atoms with E-state index in [2.05, 4.69) is 5.32 Å². The van der Waals surface area contributed by atoms with Crippen LogP contribution >= 0.6 is 7.82 Å². The molecule has 0 saturated carbocycles. The van der Waals surface area contributed by atoms with Crippen molar-refractivity contribution in [1.82, 2.24) is 5.32 Å². The lowest BCUT2D eigenvalue weighted by Gasteiger charge is -2.32. The SMILES string of the molecule is CC(C)(C)OC(=O)N[C@H](CCc1ccc(OCCCc2ccc(C(F)(F)F)cc2)c(C(F)(F)F)c1)COP(=O)(OC(C)(C)C)OC(C)(C)C. The summed E-state index contributed by atoms with van der Waals surface area (Å²) in [6.45, 7) is 14.5. The number of hydrogen-bond donors (Lipinski definition) is 1. The van der Waals surface area contributed by atoms with Crippen LogP contribution in [0.25, 0.3) is 0 Å². The summed E-state index contributed by atoms with van der Waals surface area (Å²) >= 11 is 0. The lowest BCUT2D eigenvalue weighted by atomic mass is 10.0. The van der Waals surface area contributed by atoms with Crippen LogP contribution in [-0.2, 0) is 48.1 Å². The fraction of sp³-hybridized carbons (Fsp3) is 0.618. The van der Waals surface area contributed by atoms with Gasteiger partial charge < -0.3 is 14.8 Å². The molecular weight excluding hydrogens is 679 g/mol. The van der Waals surface area contributed by atoms with Crippen LogP contribution in [-0.4, -0.2) is 42.2 Å². The van der Waals surface area contributed by atoms with Gasteiger partial charge in [-0.1, -0.05) is 18.2 Å². The summed E-state index contributed by atoms with van der Waals surface area (Å²) in [7, 11) is -4.18. The molecule has 0 heterocycles. The summed E-state index contributed by atoms with van der Waals surface area (Å²) in [6.07, 6.45) is -9.33. The van der Waals surface area contributed by atoms with E-state index >= 15 is 0 Å². The maximum Gasteiger partial charge on any atom is 0.475 e. The van der Waals surface area contributed by atoms with Gasteiger partial charge in [-0.2, -0.15) is 26.3 Å². The van der Waals surface area contributed by atoms with Crippen molar-refractivity contribution in [3.8, 4) is 5.75 Å². The van der Waals surface area contributed by atoms with Crippen LogP contribution in [0.3, 0.4) is 0 Å². The summed E-state index contributed by atoms with van der Waals surface area (Å²) in [6, 6.07) is 7.29. The summed E-state index contributed by atoms with van der Waals surface area (Å²) in [4.78, 5) is 12.6. The van der Waals surface area contributed by atoms with Crippen molar-refractivity contribution in [2.24, 2.45) is 0 Å². The molecule has 0 saturated heterocycles. The van der Waals surface area contributed by atoms with Crippen LogP contribution in [0.1, 0.15) is 97.4 Å². The van der Waals surface area contributed by atoms with E-state index in [0.29, 0.717) is 12.0 Å². The minimum atomic E-state index is -4.75. The number of aryl methyl sites for hydroxylation is 2. The number of carbonyl (C=O) groups is 1. The zero-order chi connectivity index (χ0) is 37.5. The van der Waals surface area contributed by atoms with Crippen LogP contribution < -0.4 is 10.1 Å². The molecule has 2 aromatic rings. The Morgan fingerprint density at radius 2 is 1.31 bits per heavy atom. The second-order valence-electron chi connectivity index (χ2n) is 14.5. The van der Waals surface area contributed by atoms with Crippen LogP contribution in [0.15, 0.2) is 42.5 Å². The fourth-order valence-electron chi connectivity index (χ4n) is 4.33. The standard InChI is InChI=1S/C34H48F6NO7P/c1-30(2,3)46-29(42)41-26(22-45-49(43,47-31(4,5)6)48-32(7,8)9)18-14-24-15-19-28(27(21-24)34(38,39)40)44-20-10-11-23-12-16-25(17-13-23)33(35,36)37/h12-13,15-17,19,21,26H,10-11,14,18,20,22H2,1-9H3,(H,41,42)/t26-/m1/s1. The van der Waals surface area contributed by atoms with Crippen molar-refractivity contribution >= 4 is 13.9 Å². The Hall–Kier alpha value is -2.80. The zero-order valence-corrected chi connectivity index (χ0v) is 30.3. The average molecular weight is 728 g/mol. The van der Waals surface area contributed by atoms with Gasteiger partial charge in [0.25, 0.3) is 0 Å². The lowest BCUT2D eigenvalue weighted by Crippen LogP contribution is -2.42. The Morgan fingerprint density at radius 3 is 1.80 bits per heavy atom. The van der Waals surface area contributed by atoms with E-state index in [1.54, 1.807) is 62.3 Å². The number of alkyl carbamates (subject to hydrolysis) is 1. The maximum atomic E-state index is 14.1. The van der Waals surface area contributed by atoms with Gasteiger partial charge in [0.1, 0.15) is 11.4 Å². The van der Waals surface area contributed by atoms with Crippen molar-refractivity contribution in [2.75, 3.05) is 13.2 Å². The van der Waals surface area contributed by atoms with Crippen molar-refractivity contribution in [3.05, 3.63) is 64.7 Å². The third kappa shape index (κ3) is 16.6. The molecule has 0 fully saturated rings. The maximum absolute atomic E-state index is 14.1. The number of ether oxygens (including phenoxy) is 2. The number of nitrogens with one attached hydrogen (secondary N) is 1.